The molecule has 0 fully saturated rings. The van der Waals surface area contributed by atoms with Gasteiger partial charge < -0.3 is 35.2 Å². The van der Waals surface area contributed by atoms with Crippen molar-refractivity contribution in [2.75, 3.05) is 40.9 Å². The fourth-order valence-electron chi connectivity index (χ4n) is 5.93. The van der Waals surface area contributed by atoms with E-state index in [1.165, 1.54) is 23.9 Å². The van der Waals surface area contributed by atoms with Crippen molar-refractivity contribution in [2.24, 2.45) is 5.92 Å². The van der Waals surface area contributed by atoms with Gasteiger partial charge in [0.2, 0.25) is 23.6 Å². The number of carbonyl (C=O) groups excluding carboxylic acids is 5. The Labute approximate surface area is 299 Å². The Kier molecular flexibility index (Phi) is 14.0. The zero-order chi connectivity index (χ0) is 36.9. The van der Waals surface area contributed by atoms with Crippen LogP contribution in [0.5, 0.6) is 11.5 Å². The van der Waals surface area contributed by atoms with Crippen molar-refractivity contribution >= 4 is 29.5 Å². The molecule has 272 valence electrons. The van der Waals surface area contributed by atoms with E-state index in [0.717, 1.165) is 11.1 Å². The molecule has 0 aliphatic carbocycles. The number of para-hydroxylation sites is 1. The van der Waals surface area contributed by atoms with E-state index in [9.17, 15) is 24.0 Å². The third-order valence-corrected chi connectivity index (χ3v) is 8.71. The number of amides is 5. The van der Waals surface area contributed by atoms with Gasteiger partial charge in [-0.2, -0.15) is 0 Å². The third-order valence-electron chi connectivity index (χ3n) is 8.71. The summed E-state index contributed by atoms with van der Waals surface area (Å²) in [7, 11) is 4.61. The molecule has 0 spiro atoms. The highest BCUT2D eigenvalue weighted by atomic mass is 16.5. The molecule has 12 nitrogen and oxygen atoms in total. The second kappa shape index (κ2) is 18.6. The average molecular weight is 700 g/mol. The van der Waals surface area contributed by atoms with Gasteiger partial charge in [-0.05, 0) is 60.6 Å². The standard InChI is InChI=1S/C39H49N5O7/c1-26(2)20-33-39(49)43(3)24-35(45)41-29(21-27-12-7-6-8-13-27)25-51-34-17-10-9-16-31(34)37(47)42-32(23-36(46)44(33)4)38(48)40-19-18-28-14-11-15-30(22-28)50-5/h6-17,22,26,29,32-33H,18-21,23-25H2,1-5H3,(H,40,48)(H,41,45)(H,42,47)/t29-,32+,33+/m1/s1. The summed E-state index contributed by atoms with van der Waals surface area (Å²) in [5, 5.41) is 8.60. The summed E-state index contributed by atoms with van der Waals surface area (Å²) in [4.78, 5) is 71.1. The number of likely N-dealkylation sites (N-methyl/N-ethyl adjacent to an activating group) is 2. The van der Waals surface area contributed by atoms with Crippen molar-refractivity contribution in [3.8, 4) is 11.5 Å². The smallest absolute Gasteiger partial charge is 0.255 e. The summed E-state index contributed by atoms with van der Waals surface area (Å²) in [6, 6.07) is 21.0. The van der Waals surface area contributed by atoms with Crippen LogP contribution in [0.2, 0.25) is 0 Å². The maximum Gasteiger partial charge on any atom is 0.255 e. The highest BCUT2D eigenvalue weighted by molar-refractivity contribution is 6.01. The number of hydrogen-bond donors (Lipinski definition) is 3. The van der Waals surface area contributed by atoms with Gasteiger partial charge in [-0.15, -0.1) is 0 Å². The van der Waals surface area contributed by atoms with Gasteiger partial charge in [0.1, 0.15) is 30.2 Å². The Hall–Kier alpha value is -5.39. The molecule has 1 aliphatic rings. The number of nitrogens with one attached hydrogen (secondary N) is 3. The third kappa shape index (κ3) is 11.3. The van der Waals surface area contributed by atoms with Gasteiger partial charge in [-0.1, -0.05) is 68.4 Å². The number of fused-ring (bicyclic) bond motifs is 1. The van der Waals surface area contributed by atoms with Crippen LogP contribution in [0.15, 0.2) is 78.9 Å². The summed E-state index contributed by atoms with van der Waals surface area (Å²) in [6.45, 7) is 3.89. The lowest BCUT2D eigenvalue weighted by atomic mass is 10.0. The molecule has 3 aromatic rings. The highest BCUT2D eigenvalue weighted by Gasteiger charge is 2.34. The quantitative estimate of drug-likeness (QED) is 0.311. The zero-order valence-corrected chi connectivity index (χ0v) is 30.0. The van der Waals surface area contributed by atoms with E-state index in [1.54, 1.807) is 31.4 Å². The van der Waals surface area contributed by atoms with Crippen LogP contribution in [0, 0.1) is 5.92 Å². The number of methoxy groups -OCH3 is 1. The molecule has 0 aromatic heterocycles. The van der Waals surface area contributed by atoms with Crippen LogP contribution in [0.1, 0.15) is 48.2 Å². The lowest BCUT2D eigenvalue weighted by molar-refractivity contribution is -0.146. The van der Waals surface area contributed by atoms with Crippen molar-refractivity contribution in [3.63, 3.8) is 0 Å². The molecule has 3 N–H and O–H groups in total. The van der Waals surface area contributed by atoms with Gasteiger partial charge in [0.15, 0.2) is 0 Å². The van der Waals surface area contributed by atoms with Crippen molar-refractivity contribution in [1.82, 2.24) is 25.8 Å². The largest absolute Gasteiger partial charge is 0.497 e. The first-order chi connectivity index (χ1) is 24.4. The van der Waals surface area contributed by atoms with Crippen LogP contribution in [0.4, 0.5) is 0 Å². The van der Waals surface area contributed by atoms with Crippen LogP contribution in [0.3, 0.4) is 0 Å². The lowest BCUT2D eigenvalue weighted by Gasteiger charge is -2.32. The number of carbonyl (C=O) groups is 5. The van der Waals surface area contributed by atoms with E-state index < -0.39 is 54.1 Å². The number of ether oxygens (including phenoxy) is 2. The van der Waals surface area contributed by atoms with Crippen LogP contribution in [-0.4, -0.2) is 98.4 Å². The summed E-state index contributed by atoms with van der Waals surface area (Å²) in [5.74, 6) is -1.52. The zero-order valence-electron chi connectivity index (χ0n) is 30.0. The molecule has 1 heterocycles. The topological polar surface area (TPSA) is 146 Å². The molecular formula is C39H49N5O7. The van der Waals surface area contributed by atoms with E-state index >= 15 is 0 Å². The highest BCUT2D eigenvalue weighted by Crippen LogP contribution is 2.20. The first kappa shape index (κ1) is 38.4. The van der Waals surface area contributed by atoms with Gasteiger partial charge >= 0.3 is 0 Å². The molecule has 51 heavy (non-hydrogen) atoms. The second-order valence-corrected chi connectivity index (χ2v) is 13.2. The molecule has 4 rings (SSSR count). The first-order valence-corrected chi connectivity index (χ1v) is 17.2. The van der Waals surface area contributed by atoms with E-state index in [4.69, 9.17) is 9.47 Å². The number of benzene rings is 3. The van der Waals surface area contributed by atoms with E-state index in [-0.39, 0.29) is 36.9 Å². The van der Waals surface area contributed by atoms with Crippen molar-refractivity contribution < 1.29 is 33.4 Å². The minimum Gasteiger partial charge on any atom is -0.497 e. The summed E-state index contributed by atoms with van der Waals surface area (Å²) < 4.78 is 11.4. The summed E-state index contributed by atoms with van der Waals surface area (Å²) in [5.41, 5.74) is 2.06. The lowest BCUT2D eigenvalue weighted by Crippen LogP contribution is -2.54. The Balaban J connectivity index is 1.65. The second-order valence-electron chi connectivity index (χ2n) is 13.2. The van der Waals surface area contributed by atoms with Gasteiger partial charge in [-0.3, -0.25) is 24.0 Å². The normalized spacial score (nSPS) is 19.4. The molecule has 0 unspecified atom stereocenters. The van der Waals surface area contributed by atoms with E-state index in [2.05, 4.69) is 16.0 Å². The monoisotopic (exact) mass is 699 g/mol. The van der Waals surface area contributed by atoms with E-state index in [1.807, 2.05) is 68.4 Å². The molecule has 0 saturated carbocycles. The van der Waals surface area contributed by atoms with Gasteiger partial charge in [-0.25, -0.2) is 0 Å². The minimum absolute atomic E-state index is 0.0218. The van der Waals surface area contributed by atoms with Crippen molar-refractivity contribution in [2.45, 2.75) is 57.7 Å². The molecule has 1 aliphatic heterocycles. The molecule has 3 aromatic carbocycles. The molecule has 0 radical (unpaired) electrons. The van der Waals surface area contributed by atoms with Crippen LogP contribution in [-0.2, 0) is 32.0 Å². The molecule has 12 heteroatoms. The van der Waals surface area contributed by atoms with Crippen LogP contribution >= 0.6 is 0 Å². The fourth-order valence-corrected chi connectivity index (χ4v) is 5.93. The number of hydrogen-bond acceptors (Lipinski definition) is 7. The van der Waals surface area contributed by atoms with Crippen LogP contribution < -0.4 is 25.4 Å². The summed E-state index contributed by atoms with van der Waals surface area (Å²) in [6.07, 6.45) is 0.849. The predicted octanol–water partition coefficient (Wildman–Crippen LogP) is 2.99. The van der Waals surface area contributed by atoms with Crippen LogP contribution in [0.25, 0.3) is 0 Å². The Morgan fingerprint density at radius 2 is 1.65 bits per heavy atom. The molecule has 3 atom stereocenters. The molecule has 0 saturated heterocycles. The first-order valence-electron chi connectivity index (χ1n) is 17.2. The van der Waals surface area contributed by atoms with Gasteiger partial charge in [0.25, 0.3) is 5.91 Å². The maximum absolute atomic E-state index is 13.8. The Morgan fingerprint density at radius 3 is 2.37 bits per heavy atom. The minimum atomic E-state index is -1.26. The SMILES string of the molecule is COc1cccc(CCNC(=O)[C@@H]2CC(=O)N(C)[C@@H](CC(C)C)C(=O)N(C)CC(=O)N[C@H](Cc3ccccc3)COc3ccccc3C(=O)N2)c1. The molecule has 5 amide bonds. The number of nitrogens with zero attached hydrogens (tertiary/aromatic N) is 2. The number of rotatable bonds is 9. The Morgan fingerprint density at radius 1 is 0.941 bits per heavy atom. The predicted molar refractivity (Wildman–Crippen MR) is 193 cm³/mol. The van der Waals surface area contributed by atoms with Gasteiger partial charge in [0.05, 0.1) is 31.7 Å². The molecule has 0 bridgehead atoms. The summed E-state index contributed by atoms with van der Waals surface area (Å²) >= 11 is 0. The van der Waals surface area contributed by atoms with Gasteiger partial charge in [0, 0.05) is 20.6 Å². The molecular weight excluding hydrogens is 650 g/mol. The fraction of sp³-hybridized carbons (Fsp3) is 0.410. The maximum atomic E-state index is 13.8. The average Bonchev–Trinajstić information content (AvgIpc) is 3.12. The Bertz CT molecular complexity index is 1660. The van der Waals surface area contributed by atoms with Crippen molar-refractivity contribution in [1.29, 1.82) is 0 Å². The van der Waals surface area contributed by atoms with Crippen molar-refractivity contribution in [3.05, 3.63) is 95.6 Å². The van der Waals surface area contributed by atoms with E-state index in [0.29, 0.717) is 25.0 Å².